The second-order valence-electron chi connectivity index (χ2n) is 6.28. The SMILES string of the molecule is Cc1cc2ccn(C(=O)c3ccccc3)c2cc1C(=O)c1ccccc1. The maximum atomic E-state index is 12.9. The van der Waals surface area contributed by atoms with Crippen molar-refractivity contribution in [2.75, 3.05) is 0 Å². The van der Waals surface area contributed by atoms with Gasteiger partial charge in [0.25, 0.3) is 5.91 Å². The van der Waals surface area contributed by atoms with Crippen molar-refractivity contribution in [3.8, 4) is 0 Å². The highest BCUT2D eigenvalue weighted by Gasteiger charge is 2.16. The fourth-order valence-electron chi connectivity index (χ4n) is 3.18. The van der Waals surface area contributed by atoms with Gasteiger partial charge in [-0.05, 0) is 42.8 Å². The molecule has 4 rings (SSSR count). The molecule has 0 radical (unpaired) electrons. The van der Waals surface area contributed by atoms with Gasteiger partial charge in [-0.1, -0.05) is 48.5 Å². The summed E-state index contributed by atoms with van der Waals surface area (Å²) in [5, 5.41) is 0.941. The molecule has 0 amide bonds. The Morgan fingerprint density at radius 1 is 0.769 bits per heavy atom. The first-order valence-electron chi connectivity index (χ1n) is 8.46. The molecule has 0 N–H and O–H groups in total. The van der Waals surface area contributed by atoms with Crippen LogP contribution in [0.15, 0.2) is 85.1 Å². The number of hydrogen-bond acceptors (Lipinski definition) is 2. The molecule has 0 atom stereocenters. The van der Waals surface area contributed by atoms with Crippen molar-refractivity contribution in [1.82, 2.24) is 4.57 Å². The van der Waals surface area contributed by atoms with E-state index in [-0.39, 0.29) is 11.7 Å². The van der Waals surface area contributed by atoms with E-state index in [1.54, 1.807) is 35.0 Å². The minimum atomic E-state index is -0.109. The molecule has 0 aliphatic carbocycles. The Morgan fingerprint density at radius 2 is 1.38 bits per heavy atom. The van der Waals surface area contributed by atoms with Crippen LogP contribution in [0.5, 0.6) is 0 Å². The van der Waals surface area contributed by atoms with Gasteiger partial charge in [0.15, 0.2) is 5.78 Å². The number of aromatic nitrogens is 1. The zero-order valence-corrected chi connectivity index (χ0v) is 14.3. The summed E-state index contributed by atoms with van der Waals surface area (Å²) in [7, 11) is 0. The molecule has 3 heteroatoms. The van der Waals surface area contributed by atoms with Crippen molar-refractivity contribution in [2.45, 2.75) is 6.92 Å². The van der Waals surface area contributed by atoms with E-state index in [2.05, 4.69) is 0 Å². The molecule has 0 fully saturated rings. The molecule has 1 aromatic heterocycles. The molecule has 1 heterocycles. The van der Waals surface area contributed by atoms with Crippen molar-refractivity contribution in [1.29, 1.82) is 0 Å². The van der Waals surface area contributed by atoms with Crippen LogP contribution in [0.3, 0.4) is 0 Å². The molecule has 3 nitrogen and oxygen atoms in total. The smallest absolute Gasteiger partial charge is 0.262 e. The number of fused-ring (bicyclic) bond motifs is 1. The fourth-order valence-corrected chi connectivity index (χ4v) is 3.18. The van der Waals surface area contributed by atoms with Crippen LogP contribution in [-0.2, 0) is 0 Å². The first kappa shape index (κ1) is 16.0. The molecule has 0 spiro atoms. The average Bonchev–Trinajstić information content (AvgIpc) is 3.10. The largest absolute Gasteiger partial charge is 0.289 e. The molecule has 0 saturated carbocycles. The van der Waals surface area contributed by atoms with Gasteiger partial charge >= 0.3 is 0 Å². The van der Waals surface area contributed by atoms with Crippen molar-refractivity contribution in [3.63, 3.8) is 0 Å². The molecular weight excluding hydrogens is 322 g/mol. The van der Waals surface area contributed by atoms with Gasteiger partial charge in [0.05, 0.1) is 5.52 Å². The van der Waals surface area contributed by atoms with Gasteiger partial charge in [0.1, 0.15) is 0 Å². The normalized spacial score (nSPS) is 10.8. The van der Waals surface area contributed by atoms with E-state index in [0.29, 0.717) is 16.7 Å². The zero-order valence-electron chi connectivity index (χ0n) is 14.3. The molecule has 0 unspecified atom stereocenters. The lowest BCUT2D eigenvalue weighted by Crippen LogP contribution is -2.11. The van der Waals surface area contributed by atoms with Crippen molar-refractivity contribution in [2.24, 2.45) is 0 Å². The van der Waals surface area contributed by atoms with Crippen LogP contribution in [-0.4, -0.2) is 16.3 Å². The Bertz CT molecular complexity index is 1110. The highest BCUT2D eigenvalue weighted by atomic mass is 16.2. The third kappa shape index (κ3) is 2.74. The second-order valence-corrected chi connectivity index (χ2v) is 6.28. The van der Waals surface area contributed by atoms with Crippen LogP contribution in [0, 0.1) is 6.92 Å². The van der Waals surface area contributed by atoms with E-state index in [1.807, 2.05) is 61.5 Å². The van der Waals surface area contributed by atoms with Gasteiger partial charge in [0.2, 0.25) is 0 Å². The first-order chi connectivity index (χ1) is 12.6. The quantitative estimate of drug-likeness (QED) is 0.500. The van der Waals surface area contributed by atoms with E-state index in [0.717, 1.165) is 16.5 Å². The average molecular weight is 339 g/mol. The highest BCUT2D eigenvalue weighted by molar-refractivity contribution is 6.12. The van der Waals surface area contributed by atoms with E-state index in [4.69, 9.17) is 0 Å². The lowest BCUT2D eigenvalue weighted by atomic mass is 9.98. The standard InChI is InChI=1S/C23H17NO2/c1-16-14-19-12-13-24(23(26)18-10-6-3-7-11-18)21(19)15-20(16)22(25)17-8-4-2-5-9-17/h2-15H,1H3. The monoisotopic (exact) mass is 339 g/mol. The summed E-state index contributed by atoms with van der Waals surface area (Å²) in [6.45, 7) is 1.92. The van der Waals surface area contributed by atoms with Gasteiger partial charge in [-0.25, -0.2) is 0 Å². The van der Waals surface area contributed by atoms with Crippen molar-refractivity contribution < 1.29 is 9.59 Å². The summed E-state index contributed by atoms with van der Waals surface area (Å²) in [5.41, 5.74) is 3.51. The molecular formula is C23H17NO2. The topological polar surface area (TPSA) is 39.1 Å². The van der Waals surface area contributed by atoms with E-state index in [9.17, 15) is 9.59 Å². The lowest BCUT2D eigenvalue weighted by Gasteiger charge is -2.09. The highest BCUT2D eigenvalue weighted by Crippen LogP contribution is 2.24. The van der Waals surface area contributed by atoms with Crippen LogP contribution in [0.2, 0.25) is 0 Å². The third-order valence-corrected chi connectivity index (χ3v) is 4.56. The number of ketones is 1. The zero-order chi connectivity index (χ0) is 18.1. The Hall–Kier alpha value is -3.46. The second kappa shape index (κ2) is 6.45. The van der Waals surface area contributed by atoms with Crippen LogP contribution in [0.4, 0.5) is 0 Å². The van der Waals surface area contributed by atoms with E-state index < -0.39 is 0 Å². The summed E-state index contributed by atoms with van der Waals surface area (Å²) < 4.78 is 1.60. The number of benzene rings is 3. The Morgan fingerprint density at radius 3 is 2.04 bits per heavy atom. The molecule has 0 aliphatic rings. The number of nitrogens with zero attached hydrogens (tertiary/aromatic N) is 1. The number of carbonyl (C=O) groups excluding carboxylic acids is 2. The summed E-state index contributed by atoms with van der Waals surface area (Å²) in [6.07, 6.45) is 1.76. The molecule has 3 aromatic carbocycles. The van der Waals surface area contributed by atoms with Crippen molar-refractivity contribution in [3.05, 3.63) is 107 Å². The predicted octanol–water partition coefficient (Wildman–Crippen LogP) is 4.87. The number of rotatable bonds is 3. The fraction of sp³-hybridized carbons (Fsp3) is 0.0435. The molecule has 4 aromatic rings. The first-order valence-corrected chi connectivity index (χ1v) is 8.46. The number of hydrogen-bond donors (Lipinski definition) is 0. The molecule has 0 bridgehead atoms. The minimum absolute atomic E-state index is 0.0371. The maximum Gasteiger partial charge on any atom is 0.262 e. The number of carbonyl (C=O) groups is 2. The minimum Gasteiger partial charge on any atom is -0.289 e. The molecule has 0 saturated heterocycles. The van der Waals surface area contributed by atoms with Crippen molar-refractivity contribution >= 4 is 22.6 Å². The Balaban J connectivity index is 1.83. The lowest BCUT2D eigenvalue weighted by molar-refractivity contribution is 0.0963. The maximum absolute atomic E-state index is 12.9. The van der Waals surface area contributed by atoms with Gasteiger partial charge in [-0.2, -0.15) is 0 Å². The van der Waals surface area contributed by atoms with Gasteiger partial charge in [-0.15, -0.1) is 0 Å². The Kier molecular flexibility index (Phi) is 3.98. The van der Waals surface area contributed by atoms with Gasteiger partial charge in [0, 0.05) is 28.3 Å². The number of aryl methyl sites for hydroxylation is 1. The summed E-state index contributed by atoms with van der Waals surface area (Å²) in [6, 6.07) is 24.0. The van der Waals surface area contributed by atoms with Crippen LogP contribution in [0.1, 0.15) is 31.8 Å². The van der Waals surface area contributed by atoms with Crippen LogP contribution in [0.25, 0.3) is 10.9 Å². The Labute approximate surface area is 151 Å². The van der Waals surface area contributed by atoms with E-state index in [1.165, 1.54) is 0 Å². The van der Waals surface area contributed by atoms with E-state index >= 15 is 0 Å². The summed E-state index contributed by atoms with van der Waals surface area (Å²) in [4.78, 5) is 25.7. The molecule has 0 aliphatic heterocycles. The summed E-state index contributed by atoms with van der Waals surface area (Å²) in [5.74, 6) is -0.146. The predicted molar refractivity (Wildman–Crippen MR) is 103 cm³/mol. The molecule has 126 valence electrons. The molecule has 26 heavy (non-hydrogen) atoms. The van der Waals surface area contributed by atoms with Gasteiger partial charge in [-0.3, -0.25) is 14.2 Å². The summed E-state index contributed by atoms with van der Waals surface area (Å²) >= 11 is 0. The third-order valence-electron chi connectivity index (χ3n) is 4.56. The van der Waals surface area contributed by atoms with Crippen LogP contribution >= 0.6 is 0 Å². The van der Waals surface area contributed by atoms with Gasteiger partial charge < -0.3 is 0 Å². The van der Waals surface area contributed by atoms with Crippen LogP contribution < -0.4 is 0 Å².